The number of β-amino-alcohol motifs (C(OH)–C–C–N with tert-alkyl or cyclic N) is 1. The topological polar surface area (TPSA) is 75.8 Å². The fraction of sp³-hybridized carbons (Fsp3) is 0.800. The lowest BCUT2D eigenvalue weighted by Crippen LogP contribution is -2.31. The summed E-state index contributed by atoms with van der Waals surface area (Å²) in [5.41, 5.74) is 4.88. The minimum atomic E-state index is -0.487. The lowest BCUT2D eigenvalue weighted by Gasteiger charge is -2.09. The smallest absolute Gasteiger partial charge is 0.234 e. The molecule has 0 spiro atoms. The number of nitrogens with zero attached hydrogens (tertiary/aromatic N) is 1. The van der Waals surface area contributed by atoms with Crippen LogP contribution in [-0.4, -0.2) is 41.9 Å². The van der Waals surface area contributed by atoms with Gasteiger partial charge in [-0.1, -0.05) is 0 Å². The van der Waals surface area contributed by atoms with E-state index in [1.807, 2.05) is 0 Å². The third kappa shape index (κ3) is 1.94. The minimum Gasteiger partial charge on any atom is -0.389 e. The molecule has 10 heavy (non-hydrogen) atoms. The number of rotatable bonds is 2. The molecule has 0 bridgehead atoms. The molecule has 1 fully saturated rings. The van der Waals surface area contributed by atoms with Gasteiger partial charge in [0.15, 0.2) is 0 Å². The molecule has 5 nitrogen and oxygen atoms in total. The van der Waals surface area contributed by atoms with Gasteiger partial charge in [0, 0.05) is 0 Å². The van der Waals surface area contributed by atoms with Gasteiger partial charge in [-0.3, -0.25) is 9.63 Å². The van der Waals surface area contributed by atoms with Crippen molar-refractivity contribution in [3.8, 4) is 0 Å². The van der Waals surface area contributed by atoms with Crippen molar-refractivity contribution in [2.45, 2.75) is 6.10 Å². The number of hydroxylamine groups is 2. The summed E-state index contributed by atoms with van der Waals surface area (Å²) in [6.45, 7) is 0.674. The third-order valence-electron chi connectivity index (χ3n) is 1.20. The van der Waals surface area contributed by atoms with Crippen LogP contribution < -0.4 is 5.73 Å². The van der Waals surface area contributed by atoms with E-state index < -0.39 is 12.0 Å². The maximum absolute atomic E-state index is 10.3. The predicted octanol–water partition coefficient (Wildman–Crippen LogP) is -1.92. The second-order valence-electron chi connectivity index (χ2n) is 2.24. The van der Waals surface area contributed by atoms with Crippen molar-refractivity contribution >= 4 is 5.91 Å². The number of carbonyl (C=O) groups is 1. The van der Waals surface area contributed by atoms with E-state index in [1.165, 1.54) is 5.06 Å². The summed E-state index contributed by atoms with van der Waals surface area (Å²) in [5.74, 6) is -0.450. The average molecular weight is 146 g/mol. The van der Waals surface area contributed by atoms with Gasteiger partial charge in [-0.25, -0.2) is 0 Å². The van der Waals surface area contributed by atoms with Gasteiger partial charge >= 0.3 is 0 Å². The molecule has 0 saturated carbocycles. The van der Waals surface area contributed by atoms with E-state index in [4.69, 9.17) is 15.7 Å². The normalized spacial score (nSPS) is 27.1. The van der Waals surface area contributed by atoms with Gasteiger partial charge in [0.2, 0.25) is 5.91 Å². The van der Waals surface area contributed by atoms with Gasteiger partial charge in [-0.15, -0.1) is 0 Å². The first kappa shape index (κ1) is 7.46. The Morgan fingerprint density at radius 2 is 2.60 bits per heavy atom. The molecule has 1 aliphatic rings. The number of amides is 1. The van der Waals surface area contributed by atoms with Gasteiger partial charge in [-0.05, 0) is 0 Å². The van der Waals surface area contributed by atoms with E-state index in [2.05, 4.69) is 0 Å². The molecule has 1 amide bonds. The summed E-state index contributed by atoms with van der Waals surface area (Å²) in [7, 11) is 0. The van der Waals surface area contributed by atoms with Gasteiger partial charge in [-0.2, -0.15) is 5.06 Å². The van der Waals surface area contributed by atoms with E-state index in [0.717, 1.165) is 0 Å². The van der Waals surface area contributed by atoms with Crippen LogP contribution in [0.25, 0.3) is 0 Å². The molecule has 58 valence electrons. The molecule has 0 aromatic carbocycles. The highest BCUT2D eigenvalue weighted by Gasteiger charge is 2.21. The number of hydrogen-bond acceptors (Lipinski definition) is 4. The van der Waals surface area contributed by atoms with Crippen molar-refractivity contribution in [1.29, 1.82) is 0 Å². The maximum atomic E-state index is 10.3. The van der Waals surface area contributed by atoms with Crippen molar-refractivity contribution in [2.24, 2.45) is 5.73 Å². The fourth-order valence-corrected chi connectivity index (χ4v) is 0.816. The number of nitrogens with two attached hydrogens (primary N) is 1. The molecule has 0 aromatic heterocycles. The van der Waals surface area contributed by atoms with Crippen LogP contribution in [0.15, 0.2) is 0 Å². The van der Waals surface area contributed by atoms with E-state index >= 15 is 0 Å². The van der Waals surface area contributed by atoms with Crippen LogP contribution >= 0.6 is 0 Å². The largest absolute Gasteiger partial charge is 0.389 e. The van der Waals surface area contributed by atoms with Crippen molar-refractivity contribution in [1.82, 2.24) is 5.06 Å². The quantitative estimate of drug-likeness (QED) is 0.476. The number of aliphatic hydroxyl groups excluding tert-OH is 1. The summed E-state index contributed by atoms with van der Waals surface area (Å²) >= 11 is 0. The van der Waals surface area contributed by atoms with E-state index in [0.29, 0.717) is 6.54 Å². The second-order valence-corrected chi connectivity index (χ2v) is 2.24. The molecule has 1 heterocycles. The number of primary amides is 1. The minimum absolute atomic E-state index is 0.0526. The van der Waals surface area contributed by atoms with Gasteiger partial charge in [0.1, 0.15) is 6.54 Å². The zero-order valence-corrected chi connectivity index (χ0v) is 5.49. The van der Waals surface area contributed by atoms with E-state index in [1.54, 1.807) is 0 Å². The Morgan fingerprint density at radius 1 is 1.90 bits per heavy atom. The molecular weight excluding hydrogens is 136 g/mol. The van der Waals surface area contributed by atoms with Crippen molar-refractivity contribution < 1.29 is 14.7 Å². The number of hydrogen-bond donors (Lipinski definition) is 2. The molecule has 1 unspecified atom stereocenters. The highest BCUT2D eigenvalue weighted by atomic mass is 16.7. The Hall–Kier alpha value is -0.650. The van der Waals surface area contributed by atoms with Crippen LogP contribution in [0.2, 0.25) is 0 Å². The molecule has 0 aromatic rings. The molecular formula is C5H10N2O3. The number of aliphatic hydroxyl groups is 1. The number of carbonyl (C=O) groups excluding carboxylic acids is 1. The van der Waals surface area contributed by atoms with Crippen LogP contribution in [0.4, 0.5) is 0 Å². The Labute approximate surface area is 58.3 Å². The zero-order valence-electron chi connectivity index (χ0n) is 5.49. The molecule has 3 N–H and O–H groups in total. The molecule has 1 saturated heterocycles. The van der Waals surface area contributed by atoms with Crippen molar-refractivity contribution in [2.75, 3.05) is 19.7 Å². The lowest BCUT2D eigenvalue weighted by molar-refractivity contribution is -0.139. The lowest BCUT2D eigenvalue weighted by atomic mass is 10.4. The van der Waals surface area contributed by atoms with Crippen molar-refractivity contribution in [3.63, 3.8) is 0 Å². The summed E-state index contributed by atoms with van der Waals surface area (Å²) < 4.78 is 0. The van der Waals surface area contributed by atoms with Crippen LogP contribution in [0.1, 0.15) is 0 Å². The maximum Gasteiger partial charge on any atom is 0.234 e. The van der Waals surface area contributed by atoms with Gasteiger partial charge < -0.3 is 10.8 Å². The van der Waals surface area contributed by atoms with E-state index in [-0.39, 0.29) is 13.2 Å². The molecule has 1 rings (SSSR count). The SMILES string of the molecule is NC(=O)CN1CC(O)CO1. The van der Waals surface area contributed by atoms with Gasteiger partial charge in [0.25, 0.3) is 0 Å². The predicted molar refractivity (Wildman–Crippen MR) is 32.7 cm³/mol. The first-order valence-corrected chi connectivity index (χ1v) is 3.02. The first-order valence-electron chi connectivity index (χ1n) is 3.02. The fourth-order valence-electron chi connectivity index (χ4n) is 0.816. The standard InChI is InChI=1S/C5H10N2O3/c6-5(9)2-7-1-4(8)3-10-7/h4,8H,1-3H2,(H2,6,9). The van der Waals surface area contributed by atoms with Crippen LogP contribution in [0, 0.1) is 0 Å². The molecule has 0 aliphatic carbocycles. The molecule has 1 aliphatic heterocycles. The van der Waals surface area contributed by atoms with Crippen molar-refractivity contribution in [3.05, 3.63) is 0 Å². The molecule has 1 atom stereocenters. The first-order chi connectivity index (χ1) is 4.68. The zero-order chi connectivity index (χ0) is 7.56. The monoisotopic (exact) mass is 146 g/mol. The second kappa shape index (κ2) is 2.96. The van der Waals surface area contributed by atoms with Crippen LogP contribution in [0.5, 0.6) is 0 Å². The summed E-state index contributed by atoms with van der Waals surface area (Å²) in [6.07, 6.45) is -0.487. The Bertz CT molecular complexity index is 139. The van der Waals surface area contributed by atoms with Crippen LogP contribution in [0.3, 0.4) is 0 Å². The Kier molecular flexibility index (Phi) is 2.21. The van der Waals surface area contributed by atoms with Gasteiger partial charge in [0.05, 0.1) is 19.3 Å². The summed E-state index contributed by atoms with van der Waals surface area (Å²) in [4.78, 5) is 15.1. The van der Waals surface area contributed by atoms with Crippen LogP contribution in [-0.2, 0) is 9.63 Å². The molecule has 0 radical (unpaired) electrons. The average Bonchev–Trinajstić information content (AvgIpc) is 2.13. The highest BCUT2D eigenvalue weighted by molar-refractivity contribution is 5.75. The highest BCUT2D eigenvalue weighted by Crippen LogP contribution is 2.03. The third-order valence-corrected chi connectivity index (χ3v) is 1.20. The summed E-state index contributed by atoms with van der Waals surface area (Å²) in [5, 5.41) is 10.2. The van der Waals surface area contributed by atoms with E-state index in [9.17, 15) is 4.79 Å². The molecule has 5 heteroatoms. The summed E-state index contributed by atoms with van der Waals surface area (Å²) in [6, 6.07) is 0. The Balaban J connectivity index is 2.24. The Morgan fingerprint density at radius 3 is 3.00 bits per heavy atom.